The molecule has 0 saturated carbocycles. The number of H-pyrrole nitrogens is 2. The van der Waals surface area contributed by atoms with Crippen molar-refractivity contribution in [2.24, 2.45) is 4.99 Å². The highest BCUT2D eigenvalue weighted by molar-refractivity contribution is 7.71. The first-order valence-corrected chi connectivity index (χ1v) is 9.66. The van der Waals surface area contributed by atoms with Crippen LogP contribution in [0.25, 0.3) is 16.6 Å². The number of nitrogens with zero attached hydrogens (tertiary/aromatic N) is 2. The van der Waals surface area contributed by atoms with Crippen LogP contribution in [0.5, 0.6) is 5.88 Å². The summed E-state index contributed by atoms with van der Waals surface area (Å²) >= 11 is 5.26. The Morgan fingerprint density at radius 2 is 1.93 bits per heavy atom. The molecule has 0 unspecified atom stereocenters. The second-order valence-electron chi connectivity index (χ2n) is 6.76. The van der Waals surface area contributed by atoms with E-state index in [0.29, 0.717) is 12.2 Å². The molecular formula is C22H20N4O2S. The summed E-state index contributed by atoms with van der Waals surface area (Å²) in [4.78, 5) is 22.6. The van der Waals surface area contributed by atoms with Gasteiger partial charge in [0.05, 0.1) is 5.69 Å². The first kappa shape index (κ1) is 18.9. The third-order valence-electron chi connectivity index (χ3n) is 4.88. The van der Waals surface area contributed by atoms with E-state index < -0.39 is 5.56 Å². The zero-order valence-corrected chi connectivity index (χ0v) is 16.7. The predicted molar refractivity (Wildman–Crippen MR) is 118 cm³/mol. The summed E-state index contributed by atoms with van der Waals surface area (Å²) in [7, 11) is 0. The second kappa shape index (κ2) is 7.89. The van der Waals surface area contributed by atoms with Crippen molar-refractivity contribution in [3.8, 4) is 11.6 Å². The van der Waals surface area contributed by atoms with E-state index in [1.54, 1.807) is 0 Å². The van der Waals surface area contributed by atoms with Crippen LogP contribution < -0.4 is 5.56 Å². The standard InChI is InChI=1S/C22H20N4O2S/c1-14-6-2-5-9-19(14)26-21(28)17(20(27)25-22(26)29)13-23-11-10-15-12-24-18-8-4-3-7-16(15)18/h2-9,12-13,24,28H,10-11H2,1H3,(H,25,27,29). The summed E-state index contributed by atoms with van der Waals surface area (Å²) in [5, 5.41) is 11.9. The van der Waals surface area contributed by atoms with Crippen molar-refractivity contribution in [3.05, 3.63) is 86.5 Å². The number of nitrogens with one attached hydrogen (secondary N) is 2. The van der Waals surface area contributed by atoms with Crippen LogP contribution in [0.2, 0.25) is 0 Å². The van der Waals surface area contributed by atoms with Gasteiger partial charge in [0.2, 0.25) is 5.88 Å². The molecule has 0 aliphatic heterocycles. The minimum absolute atomic E-state index is 0.0841. The molecule has 0 aliphatic carbocycles. The van der Waals surface area contributed by atoms with Crippen molar-refractivity contribution < 1.29 is 5.11 Å². The normalized spacial score (nSPS) is 11.5. The van der Waals surface area contributed by atoms with Crippen LogP contribution >= 0.6 is 12.2 Å². The van der Waals surface area contributed by atoms with Gasteiger partial charge in [0.25, 0.3) is 5.56 Å². The van der Waals surface area contributed by atoms with Crippen LogP contribution in [0.15, 0.2) is 64.5 Å². The van der Waals surface area contributed by atoms with E-state index in [2.05, 4.69) is 21.0 Å². The van der Waals surface area contributed by atoms with Crippen LogP contribution in [0.4, 0.5) is 0 Å². The molecule has 2 aromatic carbocycles. The van der Waals surface area contributed by atoms with Gasteiger partial charge in [-0.2, -0.15) is 0 Å². The van der Waals surface area contributed by atoms with E-state index in [0.717, 1.165) is 28.5 Å². The van der Waals surface area contributed by atoms with Crippen LogP contribution in [-0.4, -0.2) is 32.4 Å². The van der Waals surface area contributed by atoms with Crippen LogP contribution in [0, 0.1) is 11.7 Å². The van der Waals surface area contributed by atoms with Crippen molar-refractivity contribution in [1.82, 2.24) is 14.5 Å². The fourth-order valence-electron chi connectivity index (χ4n) is 3.37. The van der Waals surface area contributed by atoms with Crippen molar-refractivity contribution in [2.45, 2.75) is 13.3 Å². The Morgan fingerprint density at radius 1 is 1.17 bits per heavy atom. The van der Waals surface area contributed by atoms with E-state index in [1.165, 1.54) is 10.8 Å². The molecule has 6 nitrogen and oxygen atoms in total. The third kappa shape index (κ3) is 3.64. The first-order valence-electron chi connectivity index (χ1n) is 9.25. The zero-order chi connectivity index (χ0) is 20.4. The van der Waals surface area contributed by atoms with Crippen LogP contribution in [0.1, 0.15) is 16.7 Å². The first-order chi connectivity index (χ1) is 14.1. The summed E-state index contributed by atoms with van der Waals surface area (Å²) < 4.78 is 1.59. The van der Waals surface area contributed by atoms with Gasteiger partial charge in [0.15, 0.2) is 4.77 Å². The average molecular weight is 404 g/mol. The van der Waals surface area contributed by atoms with Gasteiger partial charge >= 0.3 is 0 Å². The highest BCUT2D eigenvalue weighted by Gasteiger charge is 2.13. The number of aromatic amines is 2. The van der Waals surface area contributed by atoms with Crippen molar-refractivity contribution in [2.75, 3.05) is 6.54 Å². The molecule has 0 aliphatic rings. The monoisotopic (exact) mass is 404 g/mol. The number of aromatic hydroxyl groups is 1. The minimum atomic E-state index is -0.465. The Hall–Kier alpha value is -3.45. The van der Waals surface area contributed by atoms with Crippen molar-refractivity contribution >= 4 is 29.3 Å². The number of aryl methyl sites for hydroxylation is 1. The average Bonchev–Trinajstić information content (AvgIpc) is 3.12. The van der Waals surface area contributed by atoms with Gasteiger partial charge in [-0.15, -0.1) is 0 Å². The summed E-state index contributed by atoms with van der Waals surface area (Å²) in [5.74, 6) is -0.219. The summed E-state index contributed by atoms with van der Waals surface area (Å²) in [6.45, 7) is 2.40. The minimum Gasteiger partial charge on any atom is -0.494 e. The molecule has 0 spiro atoms. The number of aliphatic imine (C=N–C) groups is 1. The Morgan fingerprint density at radius 3 is 2.76 bits per heavy atom. The molecule has 0 amide bonds. The number of aromatic nitrogens is 3. The van der Waals surface area contributed by atoms with Crippen molar-refractivity contribution in [1.29, 1.82) is 0 Å². The third-order valence-corrected chi connectivity index (χ3v) is 5.17. The van der Waals surface area contributed by atoms with Crippen LogP contribution in [-0.2, 0) is 6.42 Å². The molecule has 0 atom stereocenters. The highest BCUT2D eigenvalue weighted by Crippen LogP contribution is 2.21. The molecule has 0 radical (unpaired) electrons. The predicted octanol–water partition coefficient (Wildman–Crippen LogP) is 4.05. The van der Waals surface area contributed by atoms with Gasteiger partial charge in [-0.1, -0.05) is 36.4 Å². The Kier molecular flexibility index (Phi) is 5.14. The lowest BCUT2D eigenvalue weighted by molar-refractivity contribution is 0.432. The SMILES string of the molecule is Cc1ccccc1-n1c(O)c(C=NCCc2c[nH]c3ccccc23)c(=O)[nH]c1=S. The molecule has 0 bridgehead atoms. The molecule has 7 heteroatoms. The fraction of sp³-hybridized carbons (Fsp3) is 0.136. The molecule has 2 heterocycles. The number of para-hydroxylation sites is 2. The van der Waals surface area contributed by atoms with Gasteiger partial charge < -0.3 is 10.1 Å². The zero-order valence-electron chi connectivity index (χ0n) is 15.8. The fourth-order valence-corrected chi connectivity index (χ4v) is 3.65. The number of rotatable bonds is 5. The van der Waals surface area contributed by atoms with E-state index in [1.807, 2.05) is 55.6 Å². The molecule has 0 saturated heterocycles. The van der Waals surface area contributed by atoms with Gasteiger partial charge in [-0.05, 0) is 48.8 Å². The molecule has 0 fully saturated rings. The Balaban J connectivity index is 1.62. The van der Waals surface area contributed by atoms with E-state index in [9.17, 15) is 9.90 Å². The number of hydrogen-bond donors (Lipinski definition) is 3. The largest absolute Gasteiger partial charge is 0.494 e. The van der Waals surface area contributed by atoms with E-state index >= 15 is 0 Å². The molecule has 2 aromatic heterocycles. The second-order valence-corrected chi connectivity index (χ2v) is 7.15. The number of fused-ring (bicyclic) bond motifs is 1. The van der Waals surface area contributed by atoms with Gasteiger partial charge in [-0.3, -0.25) is 19.3 Å². The molecular weight excluding hydrogens is 384 g/mol. The topological polar surface area (TPSA) is 86.2 Å². The van der Waals surface area contributed by atoms with Crippen LogP contribution in [0.3, 0.4) is 0 Å². The molecule has 146 valence electrons. The lowest BCUT2D eigenvalue weighted by Crippen LogP contribution is -2.18. The highest BCUT2D eigenvalue weighted by atomic mass is 32.1. The number of benzene rings is 2. The maximum atomic E-state index is 12.3. The molecule has 3 N–H and O–H groups in total. The van der Waals surface area contributed by atoms with Gasteiger partial charge in [-0.25, -0.2) is 0 Å². The summed E-state index contributed by atoms with van der Waals surface area (Å²) in [5.41, 5.74) is 3.49. The number of hydrogen-bond acceptors (Lipinski definition) is 4. The van der Waals surface area contributed by atoms with E-state index in [-0.39, 0.29) is 16.2 Å². The quantitative estimate of drug-likeness (QED) is 0.346. The smallest absolute Gasteiger partial charge is 0.264 e. The maximum Gasteiger partial charge on any atom is 0.264 e. The molecule has 4 rings (SSSR count). The summed E-state index contributed by atoms with van der Waals surface area (Å²) in [6, 6.07) is 15.6. The Labute approximate surface area is 172 Å². The Bertz CT molecular complexity index is 1330. The van der Waals surface area contributed by atoms with Gasteiger partial charge in [0, 0.05) is 29.9 Å². The molecule has 4 aromatic rings. The lowest BCUT2D eigenvalue weighted by Gasteiger charge is -2.13. The summed E-state index contributed by atoms with van der Waals surface area (Å²) in [6.07, 6.45) is 4.10. The van der Waals surface area contributed by atoms with Gasteiger partial charge in [0.1, 0.15) is 5.56 Å². The lowest BCUT2D eigenvalue weighted by atomic mass is 10.1. The molecule has 29 heavy (non-hydrogen) atoms. The van der Waals surface area contributed by atoms with E-state index in [4.69, 9.17) is 12.2 Å². The maximum absolute atomic E-state index is 12.3. The van der Waals surface area contributed by atoms with Crippen molar-refractivity contribution in [3.63, 3.8) is 0 Å².